The third kappa shape index (κ3) is 4.58. The summed E-state index contributed by atoms with van der Waals surface area (Å²) in [5, 5.41) is 13.3. The molecule has 0 heterocycles. The van der Waals surface area contributed by atoms with Crippen molar-refractivity contribution in [1.29, 1.82) is 0 Å². The van der Waals surface area contributed by atoms with Gasteiger partial charge in [-0.2, -0.15) is 0 Å². The Bertz CT molecular complexity index is 882. The van der Waals surface area contributed by atoms with E-state index in [0.29, 0.717) is 5.69 Å². The maximum absolute atomic E-state index is 12.3. The summed E-state index contributed by atoms with van der Waals surface area (Å²) < 4.78 is 5.12. The fourth-order valence-corrected chi connectivity index (χ4v) is 2.42. The second kappa shape index (κ2) is 7.97. The Morgan fingerprint density at radius 3 is 2.50 bits per heavy atom. The number of rotatable bonds is 5. The predicted molar refractivity (Wildman–Crippen MR) is 97.5 cm³/mol. The van der Waals surface area contributed by atoms with Gasteiger partial charge in [0.05, 0.1) is 15.5 Å². The average molecular weight is 377 g/mol. The smallest absolute Gasteiger partial charge is 0.340 e. The van der Waals surface area contributed by atoms with Crippen LogP contribution in [-0.4, -0.2) is 22.9 Å². The summed E-state index contributed by atoms with van der Waals surface area (Å²) in [6.07, 6.45) is -1.08. The summed E-state index contributed by atoms with van der Waals surface area (Å²) in [5.41, 5.74) is 2.19. The van der Waals surface area contributed by atoms with Crippen LogP contribution in [0.3, 0.4) is 0 Å². The van der Waals surface area contributed by atoms with E-state index in [9.17, 15) is 19.7 Å². The number of hydrogen-bond donors (Lipinski definition) is 1. The number of aryl methyl sites for hydroxylation is 2. The molecule has 26 heavy (non-hydrogen) atoms. The van der Waals surface area contributed by atoms with Crippen LogP contribution >= 0.6 is 11.6 Å². The van der Waals surface area contributed by atoms with Crippen molar-refractivity contribution in [2.24, 2.45) is 0 Å². The Kier molecular flexibility index (Phi) is 5.94. The number of anilines is 1. The number of esters is 1. The largest absolute Gasteiger partial charge is 0.449 e. The lowest BCUT2D eigenvalue weighted by atomic mass is 10.1. The zero-order valence-corrected chi connectivity index (χ0v) is 15.2. The Labute approximate surface area is 155 Å². The number of benzene rings is 2. The van der Waals surface area contributed by atoms with Crippen LogP contribution in [0.5, 0.6) is 0 Å². The van der Waals surface area contributed by atoms with Crippen LogP contribution in [-0.2, 0) is 9.53 Å². The maximum Gasteiger partial charge on any atom is 0.340 e. The molecule has 0 fully saturated rings. The summed E-state index contributed by atoms with van der Waals surface area (Å²) in [6.45, 7) is 5.18. The third-order valence-corrected chi connectivity index (χ3v) is 4.00. The van der Waals surface area contributed by atoms with Crippen molar-refractivity contribution in [3.8, 4) is 0 Å². The lowest BCUT2D eigenvalue weighted by Gasteiger charge is -2.15. The zero-order valence-electron chi connectivity index (χ0n) is 14.4. The lowest BCUT2D eigenvalue weighted by Crippen LogP contribution is -2.30. The molecule has 0 saturated carbocycles. The van der Waals surface area contributed by atoms with Gasteiger partial charge in [0.2, 0.25) is 0 Å². The van der Waals surface area contributed by atoms with Crippen LogP contribution in [0.2, 0.25) is 5.02 Å². The van der Waals surface area contributed by atoms with E-state index in [0.717, 1.165) is 23.3 Å². The number of nitro groups is 1. The first kappa shape index (κ1) is 19.4. The van der Waals surface area contributed by atoms with Gasteiger partial charge in [-0.15, -0.1) is 0 Å². The normalized spacial score (nSPS) is 11.5. The molecule has 136 valence electrons. The van der Waals surface area contributed by atoms with Crippen molar-refractivity contribution in [3.05, 3.63) is 68.2 Å². The second-order valence-corrected chi connectivity index (χ2v) is 6.18. The van der Waals surface area contributed by atoms with Crippen molar-refractivity contribution < 1.29 is 19.2 Å². The summed E-state index contributed by atoms with van der Waals surface area (Å²) in [7, 11) is 0. The number of carbonyl (C=O) groups is 2. The highest BCUT2D eigenvalue weighted by Crippen LogP contribution is 2.23. The molecule has 7 nitrogen and oxygen atoms in total. The number of ether oxygens (including phenoxy) is 1. The maximum atomic E-state index is 12.3. The van der Waals surface area contributed by atoms with E-state index in [2.05, 4.69) is 5.32 Å². The van der Waals surface area contributed by atoms with Gasteiger partial charge < -0.3 is 10.1 Å². The molecule has 0 aromatic heterocycles. The molecule has 1 amide bonds. The van der Waals surface area contributed by atoms with Crippen LogP contribution in [0, 0.1) is 24.0 Å². The zero-order chi connectivity index (χ0) is 19.4. The minimum Gasteiger partial charge on any atom is -0.449 e. The van der Waals surface area contributed by atoms with Gasteiger partial charge in [-0.25, -0.2) is 4.79 Å². The van der Waals surface area contributed by atoms with Gasteiger partial charge in [0.1, 0.15) is 0 Å². The number of halogens is 1. The van der Waals surface area contributed by atoms with Crippen molar-refractivity contribution >= 4 is 34.9 Å². The van der Waals surface area contributed by atoms with Gasteiger partial charge in [0, 0.05) is 17.8 Å². The summed E-state index contributed by atoms with van der Waals surface area (Å²) in [4.78, 5) is 34.5. The molecule has 2 aromatic carbocycles. The van der Waals surface area contributed by atoms with Crippen molar-refractivity contribution in [1.82, 2.24) is 0 Å². The fourth-order valence-electron chi connectivity index (χ4n) is 2.17. The van der Waals surface area contributed by atoms with Crippen LogP contribution in [0.4, 0.5) is 11.4 Å². The highest BCUT2D eigenvalue weighted by molar-refractivity contribution is 6.33. The van der Waals surface area contributed by atoms with Gasteiger partial charge in [0.15, 0.2) is 6.10 Å². The van der Waals surface area contributed by atoms with Crippen LogP contribution in [0.15, 0.2) is 36.4 Å². The highest BCUT2D eigenvalue weighted by Gasteiger charge is 2.22. The lowest BCUT2D eigenvalue weighted by molar-refractivity contribution is -0.384. The first-order valence-corrected chi connectivity index (χ1v) is 8.10. The molecule has 1 atom stereocenters. The summed E-state index contributed by atoms with van der Waals surface area (Å²) in [6, 6.07) is 9.00. The minimum atomic E-state index is -1.08. The van der Waals surface area contributed by atoms with E-state index in [1.165, 1.54) is 13.0 Å². The number of nitro benzene ring substituents is 1. The molecule has 0 aliphatic rings. The number of nitrogens with one attached hydrogen (secondary N) is 1. The van der Waals surface area contributed by atoms with E-state index in [4.69, 9.17) is 16.3 Å². The van der Waals surface area contributed by atoms with E-state index < -0.39 is 22.9 Å². The molecular formula is C18H17ClN2O5. The molecule has 0 aliphatic carbocycles. The molecule has 0 radical (unpaired) electrons. The first-order valence-electron chi connectivity index (χ1n) is 7.72. The second-order valence-electron chi connectivity index (χ2n) is 5.78. The minimum absolute atomic E-state index is 0.0522. The number of hydrogen-bond acceptors (Lipinski definition) is 5. The topological polar surface area (TPSA) is 98.5 Å². The fraction of sp³-hybridized carbons (Fsp3) is 0.222. The third-order valence-electron chi connectivity index (χ3n) is 3.69. The van der Waals surface area contributed by atoms with Gasteiger partial charge in [0.25, 0.3) is 11.6 Å². The van der Waals surface area contributed by atoms with Gasteiger partial charge in [-0.1, -0.05) is 23.7 Å². The molecule has 0 aliphatic heterocycles. The number of nitrogens with zero attached hydrogens (tertiary/aromatic N) is 1. The average Bonchev–Trinajstić information content (AvgIpc) is 2.57. The van der Waals surface area contributed by atoms with Gasteiger partial charge in [-0.05, 0) is 44.0 Å². The molecule has 2 aromatic rings. The predicted octanol–water partition coefficient (Wildman–Crippen LogP) is 4.05. The highest BCUT2D eigenvalue weighted by atomic mass is 35.5. The molecule has 0 saturated heterocycles. The van der Waals surface area contributed by atoms with E-state index >= 15 is 0 Å². The Hall–Kier alpha value is -2.93. The Balaban J connectivity index is 2.07. The molecule has 0 bridgehead atoms. The van der Waals surface area contributed by atoms with Crippen LogP contribution in [0.1, 0.15) is 28.4 Å². The van der Waals surface area contributed by atoms with Gasteiger partial charge >= 0.3 is 5.97 Å². The Morgan fingerprint density at radius 2 is 1.88 bits per heavy atom. The monoisotopic (exact) mass is 376 g/mol. The van der Waals surface area contributed by atoms with Crippen molar-refractivity contribution in [2.75, 3.05) is 5.32 Å². The summed E-state index contributed by atoms with van der Waals surface area (Å²) in [5.74, 6) is -1.33. The summed E-state index contributed by atoms with van der Waals surface area (Å²) >= 11 is 5.89. The molecule has 0 spiro atoms. The molecular weight excluding hydrogens is 360 g/mol. The van der Waals surface area contributed by atoms with Crippen molar-refractivity contribution in [2.45, 2.75) is 26.9 Å². The number of carbonyl (C=O) groups excluding carboxylic acids is 2. The molecule has 0 unspecified atom stereocenters. The number of non-ortho nitro benzene ring substituents is 1. The standard InChI is InChI=1S/C18H17ClN2O5/c1-10-4-5-11(2)16(8-10)20-17(22)12(3)26-18(23)14-7-6-13(21(24)25)9-15(14)19/h4-9,12H,1-3H3,(H,20,22)/t12-/m0/s1. The van der Waals surface area contributed by atoms with E-state index in [-0.39, 0.29) is 16.3 Å². The SMILES string of the molecule is Cc1ccc(C)c(NC(=O)[C@H](C)OC(=O)c2ccc([N+](=O)[O-])cc2Cl)c1. The van der Waals surface area contributed by atoms with E-state index in [1.54, 1.807) is 0 Å². The van der Waals surface area contributed by atoms with E-state index in [1.807, 2.05) is 32.0 Å². The molecule has 2 rings (SSSR count). The van der Waals surface area contributed by atoms with Gasteiger partial charge in [-0.3, -0.25) is 14.9 Å². The van der Waals surface area contributed by atoms with Crippen molar-refractivity contribution in [3.63, 3.8) is 0 Å². The quantitative estimate of drug-likeness (QED) is 0.482. The van der Waals surface area contributed by atoms with Crippen LogP contribution in [0.25, 0.3) is 0 Å². The van der Waals surface area contributed by atoms with Crippen LogP contribution < -0.4 is 5.32 Å². The first-order chi connectivity index (χ1) is 12.2. The number of amides is 1. The molecule has 8 heteroatoms. The molecule has 1 N–H and O–H groups in total. The Morgan fingerprint density at radius 1 is 1.19 bits per heavy atom.